The van der Waals surface area contributed by atoms with E-state index in [-0.39, 0.29) is 0 Å². The Morgan fingerprint density at radius 1 is 0.950 bits per heavy atom. The molecule has 1 saturated heterocycles. The van der Waals surface area contributed by atoms with Gasteiger partial charge in [0.05, 0.1) is 0 Å². The highest BCUT2D eigenvalue weighted by molar-refractivity contribution is 4.97. The van der Waals surface area contributed by atoms with Gasteiger partial charge in [-0.15, -0.1) is 0 Å². The first-order valence-corrected chi connectivity index (χ1v) is 8.93. The van der Waals surface area contributed by atoms with Crippen molar-refractivity contribution in [2.24, 2.45) is 11.7 Å². The molecule has 0 aromatic rings. The minimum Gasteiger partial charge on any atom is -0.329 e. The Balaban J connectivity index is 1.56. The van der Waals surface area contributed by atoms with Gasteiger partial charge < -0.3 is 5.73 Å². The molecule has 0 aromatic carbocycles. The van der Waals surface area contributed by atoms with Crippen LogP contribution in [0.3, 0.4) is 0 Å². The molecule has 0 aromatic heterocycles. The number of hydrogen-bond donors (Lipinski definition) is 1. The molecule has 3 rings (SSSR count). The van der Waals surface area contributed by atoms with E-state index in [1.165, 1.54) is 77.5 Å². The Morgan fingerprint density at radius 3 is 2.10 bits per heavy atom. The molecular formula is C17H33N3. The fourth-order valence-electron chi connectivity index (χ4n) is 4.78. The van der Waals surface area contributed by atoms with Crippen LogP contribution in [0.5, 0.6) is 0 Å². The predicted molar refractivity (Wildman–Crippen MR) is 84.8 cm³/mol. The molecule has 1 heterocycles. The van der Waals surface area contributed by atoms with Gasteiger partial charge >= 0.3 is 0 Å². The minimum absolute atomic E-state index is 0.342. The molecule has 2 N–H and O–H groups in total. The lowest BCUT2D eigenvalue weighted by Gasteiger charge is -2.51. The molecule has 3 heteroatoms. The zero-order valence-corrected chi connectivity index (χ0v) is 13.3. The summed E-state index contributed by atoms with van der Waals surface area (Å²) in [6.45, 7) is 8.33. The van der Waals surface area contributed by atoms with E-state index >= 15 is 0 Å². The number of rotatable bonds is 3. The lowest BCUT2D eigenvalue weighted by molar-refractivity contribution is -0.00474. The van der Waals surface area contributed by atoms with Gasteiger partial charge in [0.2, 0.25) is 0 Å². The first kappa shape index (κ1) is 14.8. The Labute approximate surface area is 124 Å². The standard InChI is InChI=1S/C17H33N3/c1-15-6-8-17(14-18,9-7-15)20-12-10-19(11-13-20)16-4-2-3-5-16/h15-16H,2-14,18H2,1H3. The van der Waals surface area contributed by atoms with Crippen LogP contribution in [0.15, 0.2) is 0 Å². The molecule has 1 aliphatic heterocycles. The summed E-state index contributed by atoms with van der Waals surface area (Å²) in [5.41, 5.74) is 6.56. The molecule has 3 nitrogen and oxygen atoms in total. The van der Waals surface area contributed by atoms with E-state index in [4.69, 9.17) is 5.73 Å². The molecule has 0 amide bonds. The van der Waals surface area contributed by atoms with Gasteiger partial charge in [0.1, 0.15) is 0 Å². The van der Waals surface area contributed by atoms with Crippen LogP contribution in [0.4, 0.5) is 0 Å². The van der Waals surface area contributed by atoms with Gasteiger partial charge in [-0.2, -0.15) is 0 Å². The van der Waals surface area contributed by atoms with Crippen LogP contribution >= 0.6 is 0 Å². The summed E-state index contributed by atoms with van der Waals surface area (Å²) >= 11 is 0. The summed E-state index contributed by atoms with van der Waals surface area (Å²) in [6, 6.07) is 0.900. The zero-order valence-electron chi connectivity index (χ0n) is 13.3. The maximum absolute atomic E-state index is 6.22. The summed E-state index contributed by atoms with van der Waals surface area (Å²) in [4.78, 5) is 5.52. The van der Waals surface area contributed by atoms with Crippen LogP contribution in [-0.4, -0.2) is 54.1 Å². The smallest absolute Gasteiger partial charge is 0.0333 e. The third-order valence-electron chi connectivity index (χ3n) is 6.41. The molecule has 2 aliphatic carbocycles. The van der Waals surface area contributed by atoms with Crippen LogP contribution < -0.4 is 5.73 Å². The van der Waals surface area contributed by atoms with E-state index in [0.29, 0.717) is 5.54 Å². The molecule has 0 radical (unpaired) electrons. The zero-order chi connectivity index (χ0) is 14.0. The van der Waals surface area contributed by atoms with Crippen molar-refractivity contribution in [1.29, 1.82) is 0 Å². The third kappa shape index (κ3) is 2.90. The highest BCUT2D eigenvalue weighted by Crippen LogP contribution is 2.36. The third-order valence-corrected chi connectivity index (χ3v) is 6.41. The normalized spacial score (nSPS) is 38.4. The van der Waals surface area contributed by atoms with Gasteiger partial charge in [-0.3, -0.25) is 9.80 Å². The van der Waals surface area contributed by atoms with Crippen molar-refractivity contribution in [2.75, 3.05) is 32.7 Å². The maximum Gasteiger partial charge on any atom is 0.0333 e. The largest absolute Gasteiger partial charge is 0.329 e. The fraction of sp³-hybridized carbons (Fsp3) is 1.00. The second-order valence-corrected chi connectivity index (χ2v) is 7.57. The average molecular weight is 279 g/mol. The van der Waals surface area contributed by atoms with Crippen LogP contribution in [0.25, 0.3) is 0 Å². The SMILES string of the molecule is CC1CCC(CN)(N2CCN(C3CCCC3)CC2)CC1. The Hall–Kier alpha value is -0.120. The molecule has 3 fully saturated rings. The van der Waals surface area contributed by atoms with Crippen molar-refractivity contribution in [2.45, 2.75) is 69.9 Å². The van der Waals surface area contributed by atoms with Gasteiger partial charge in [0.25, 0.3) is 0 Å². The predicted octanol–water partition coefficient (Wildman–Crippen LogP) is 2.45. The van der Waals surface area contributed by atoms with Crippen molar-refractivity contribution in [1.82, 2.24) is 9.80 Å². The molecule has 0 bridgehead atoms. The van der Waals surface area contributed by atoms with E-state index in [1.54, 1.807) is 0 Å². The summed E-state index contributed by atoms with van der Waals surface area (Å²) in [6.07, 6.45) is 11.2. The summed E-state index contributed by atoms with van der Waals surface area (Å²) in [5.74, 6) is 0.912. The molecule has 3 aliphatic rings. The second kappa shape index (κ2) is 6.33. The fourth-order valence-corrected chi connectivity index (χ4v) is 4.78. The van der Waals surface area contributed by atoms with Crippen molar-refractivity contribution < 1.29 is 0 Å². The molecular weight excluding hydrogens is 246 g/mol. The Kier molecular flexibility index (Phi) is 4.68. The van der Waals surface area contributed by atoms with Gasteiger partial charge in [-0.05, 0) is 44.4 Å². The van der Waals surface area contributed by atoms with Crippen LogP contribution in [0.2, 0.25) is 0 Å². The monoisotopic (exact) mass is 279 g/mol. The van der Waals surface area contributed by atoms with Gasteiger partial charge in [0.15, 0.2) is 0 Å². The van der Waals surface area contributed by atoms with Gasteiger partial charge in [0, 0.05) is 44.3 Å². The van der Waals surface area contributed by atoms with Crippen LogP contribution in [0.1, 0.15) is 58.3 Å². The quantitative estimate of drug-likeness (QED) is 0.861. The topological polar surface area (TPSA) is 32.5 Å². The van der Waals surface area contributed by atoms with Crippen LogP contribution in [0, 0.1) is 5.92 Å². The molecule has 0 atom stereocenters. The Bertz CT molecular complexity index is 295. The maximum atomic E-state index is 6.22. The van der Waals surface area contributed by atoms with Gasteiger partial charge in [-0.25, -0.2) is 0 Å². The lowest BCUT2D eigenvalue weighted by Crippen LogP contribution is -2.62. The van der Waals surface area contributed by atoms with E-state index in [0.717, 1.165) is 18.5 Å². The minimum atomic E-state index is 0.342. The highest BCUT2D eigenvalue weighted by atomic mass is 15.3. The molecule has 116 valence electrons. The number of nitrogens with two attached hydrogens (primary N) is 1. The van der Waals surface area contributed by atoms with Gasteiger partial charge in [-0.1, -0.05) is 19.8 Å². The molecule has 0 spiro atoms. The summed E-state index contributed by atoms with van der Waals surface area (Å²) in [5, 5.41) is 0. The second-order valence-electron chi connectivity index (χ2n) is 7.57. The number of hydrogen-bond acceptors (Lipinski definition) is 3. The number of piperazine rings is 1. The van der Waals surface area contributed by atoms with Crippen molar-refractivity contribution in [3.63, 3.8) is 0 Å². The number of nitrogens with zero attached hydrogens (tertiary/aromatic N) is 2. The van der Waals surface area contributed by atoms with Crippen molar-refractivity contribution in [3.05, 3.63) is 0 Å². The average Bonchev–Trinajstić information content (AvgIpc) is 3.03. The Morgan fingerprint density at radius 2 is 1.55 bits per heavy atom. The van der Waals surface area contributed by atoms with Crippen LogP contribution in [-0.2, 0) is 0 Å². The highest BCUT2D eigenvalue weighted by Gasteiger charge is 2.40. The molecule has 0 unspecified atom stereocenters. The van der Waals surface area contributed by atoms with Crippen molar-refractivity contribution >= 4 is 0 Å². The van der Waals surface area contributed by atoms with E-state index < -0.39 is 0 Å². The molecule has 20 heavy (non-hydrogen) atoms. The first-order chi connectivity index (χ1) is 9.73. The van der Waals surface area contributed by atoms with E-state index in [2.05, 4.69) is 16.7 Å². The van der Waals surface area contributed by atoms with E-state index in [1.807, 2.05) is 0 Å². The molecule has 2 saturated carbocycles. The summed E-state index contributed by atoms with van der Waals surface area (Å²) < 4.78 is 0. The summed E-state index contributed by atoms with van der Waals surface area (Å²) in [7, 11) is 0. The lowest BCUT2D eigenvalue weighted by atomic mass is 9.75. The van der Waals surface area contributed by atoms with E-state index in [9.17, 15) is 0 Å². The van der Waals surface area contributed by atoms with Crippen molar-refractivity contribution in [3.8, 4) is 0 Å². The first-order valence-electron chi connectivity index (χ1n) is 8.93.